The molecule has 0 fully saturated rings. The van der Waals surface area contributed by atoms with Crippen molar-refractivity contribution in [1.29, 1.82) is 0 Å². The standard InChI is InChI=1S/C24H50/c1-6-9-11-13-15-18-22(4)19-17-20-23(5)24(8-3)21-16-14-12-10-7-2/h22-24H,6-21H2,1-5H3. The molecule has 0 aliphatic rings. The average Bonchev–Trinajstić information content (AvgIpc) is 2.57. The Balaban J connectivity index is 3.66. The van der Waals surface area contributed by atoms with Crippen LogP contribution in [0, 0.1) is 17.8 Å². The third kappa shape index (κ3) is 14.4. The molecule has 0 aliphatic heterocycles. The van der Waals surface area contributed by atoms with E-state index < -0.39 is 0 Å². The van der Waals surface area contributed by atoms with E-state index in [1.807, 2.05) is 0 Å². The molecule has 3 unspecified atom stereocenters. The molecule has 0 radical (unpaired) electrons. The van der Waals surface area contributed by atoms with E-state index in [-0.39, 0.29) is 0 Å². The van der Waals surface area contributed by atoms with Crippen molar-refractivity contribution in [2.24, 2.45) is 17.8 Å². The molecule has 0 aromatic rings. The van der Waals surface area contributed by atoms with E-state index in [0.717, 1.165) is 17.8 Å². The van der Waals surface area contributed by atoms with Crippen LogP contribution >= 0.6 is 0 Å². The lowest BCUT2D eigenvalue weighted by molar-refractivity contribution is 0.284. The van der Waals surface area contributed by atoms with Crippen LogP contribution in [0.1, 0.15) is 137 Å². The highest BCUT2D eigenvalue weighted by molar-refractivity contribution is 4.67. The van der Waals surface area contributed by atoms with E-state index in [9.17, 15) is 0 Å². The fourth-order valence-electron chi connectivity index (χ4n) is 4.17. The Morgan fingerprint density at radius 2 is 1.00 bits per heavy atom. The molecule has 0 aliphatic carbocycles. The van der Waals surface area contributed by atoms with Crippen LogP contribution in [0.3, 0.4) is 0 Å². The van der Waals surface area contributed by atoms with Gasteiger partial charge in [-0.05, 0) is 17.8 Å². The molecule has 24 heavy (non-hydrogen) atoms. The molecule has 0 aromatic heterocycles. The van der Waals surface area contributed by atoms with Crippen LogP contribution < -0.4 is 0 Å². The number of rotatable bonds is 18. The minimum absolute atomic E-state index is 0.943. The molecule has 0 saturated carbocycles. The van der Waals surface area contributed by atoms with Crippen molar-refractivity contribution in [1.82, 2.24) is 0 Å². The second-order valence-electron chi connectivity index (χ2n) is 8.59. The summed E-state index contributed by atoms with van der Waals surface area (Å²) in [5.41, 5.74) is 0. The van der Waals surface area contributed by atoms with Crippen molar-refractivity contribution in [3.63, 3.8) is 0 Å². The third-order valence-electron chi connectivity index (χ3n) is 6.16. The molecule has 0 saturated heterocycles. The summed E-state index contributed by atoms with van der Waals surface area (Å²) in [6.45, 7) is 12.0. The van der Waals surface area contributed by atoms with Crippen LogP contribution in [0.5, 0.6) is 0 Å². The van der Waals surface area contributed by atoms with Gasteiger partial charge in [0, 0.05) is 0 Å². The number of hydrogen-bond acceptors (Lipinski definition) is 0. The van der Waals surface area contributed by atoms with Crippen LogP contribution in [-0.4, -0.2) is 0 Å². The van der Waals surface area contributed by atoms with Gasteiger partial charge in [0.2, 0.25) is 0 Å². The Kier molecular flexibility index (Phi) is 17.8. The number of unbranched alkanes of at least 4 members (excludes halogenated alkanes) is 8. The van der Waals surface area contributed by atoms with Gasteiger partial charge in [0.25, 0.3) is 0 Å². The molecule has 0 heterocycles. The molecule has 0 heteroatoms. The fraction of sp³-hybridized carbons (Fsp3) is 1.00. The molecule has 0 rings (SSSR count). The molecule has 0 spiro atoms. The highest BCUT2D eigenvalue weighted by atomic mass is 14.2. The minimum Gasteiger partial charge on any atom is -0.0654 e. The third-order valence-corrected chi connectivity index (χ3v) is 6.16. The molecular formula is C24H50. The first-order valence-electron chi connectivity index (χ1n) is 11.7. The van der Waals surface area contributed by atoms with E-state index >= 15 is 0 Å². The maximum absolute atomic E-state index is 2.52. The second kappa shape index (κ2) is 17.8. The zero-order chi connectivity index (χ0) is 18.0. The maximum Gasteiger partial charge on any atom is -0.0391 e. The molecule has 0 amide bonds. The molecule has 0 bridgehead atoms. The van der Waals surface area contributed by atoms with Gasteiger partial charge in [0.15, 0.2) is 0 Å². The van der Waals surface area contributed by atoms with Gasteiger partial charge in [-0.1, -0.05) is 137 Å². The fourth-order valence-corrected chi connectivity index (χ4v) is 4.17. The molecular weight excluding hydrogens is 288 g/mol. The zero-order valence-corrected chi connectivity index (χ0v) is 18.0. The van der Waals surface area contributed by atoms with Gasteiger partial charge in [0.1, 0.15) is 0 Å². The largest absolute Gasteiger partial charge is 0.0654 e. The SMILES string of the molecule is CCCCCCCC(C)CCCC(C)C(CC)CCCCCCC. The van der Waals surface area contributed by atoms with Gasteiger partial charge in [-0.15, -0.1) is 0 Å². The van der Waals surface area contributed by atoms with Crippen molar-refractivity contribution in [2.45, 2.75) is 137 Å². The lowest BCUT2D eigenvalue weighted by Crippen LogP contribution is -2.11. The minimum atomic E-state index is 0.943. The van der Waals surface area contributed by atoms with Crippen LogP contribution in [0.25, 0.3) is 0 Å². The summed E-state index contributed by atoms with van der Waals surface area (Å²) in [5, 5.41) is 0. The highest BCUT2D eigenvalue weighted by Crippen LogP contribution is 2.28. The normalized spacial score (nSPS) is 15.4. The van der Waals surface area contributed by atoms with Gasteiger partial charge in [-0.2, -0.15) is 0 Å². The monoisotopic (exact) mass is 338 g/mol. The van der Waals surface area contributed by atoms with E-state index in [0.29, 0.717) is 0 Å². The van der Waals surface area contributed by atoms with Crippen LogP contribution in [-0.2, 0) is 0 Å². The summed E-state index contributed by atoms with van der Waals surface area (Å²) in [6, 6.07) is 0. The summed E-state index contributed by atoms with van der Waals surface area (Å²) in [7, 11) is 0. The van der Waals surface area contributed by atoms with Gasteiger partial charge < -0.3 is 0 Å². The van der Waals surface area contributed by atoms with Crippen molar-refractivity contribution in [3.8, 4) is 0 Å². The van der Waals surface area contributed by atoms with E-state index in [1.165, 1.54) is 103 Å². The van der Waals surface area contributed by atoms with Gasteiger partial charge in [-0.25, -0.2) is 0 Å². The average molecular weight is 339 g/mol. The summed E-state index contributed by atoms with van der Waals surface area (Å²) < 4.78 is 0. The Hall–Kier alpha value is 0. The molecule has 3 atom stereocenters. The maximum atomic E-state index is 2.52. The topological polar surface area (TPSA) is 0 Å². The first-order valence-corrected chi connectivity index (χ1v) is 11.7. The first-order chi connectivity index (χ1) is 11.7. The van der Waals surface area contributed by atoms with Crippen molar-refractivity contribution in [3.05, 3.63) is 0 Å². The molecule has 0 N–H and O–H groups in total. The summed E-state index contributed by atoms with van der Waals surface area (Å²) in [6.07, 6.45) is 23.1. The second-order valence-corrected chi connectivity index (χ2v) is 8.59. The Morgan fingerprint density at radius 1 is 0.500 bits per heavy atom. The van der Waals surface area contributed by atoms with Gasteiger partial charge in [0.05, 0.1) is 0 Å². The molecule has 0 aromatic carbocycles. The molecule has 0 nitrogen and oxygen atoms in total. The van der Waals surface area contributed by atoms with Crippen molar-refractivity contribution >= 4 is 0 Å². The lowest BCUT2D eigenvalue weighted by atomic mass is 9.83. The smallest absolute Gasteiger partial charge is 0.0391 e. The highest BCUT2D eigenvalue weighted by Gasteiger charge is 2.15. The first kappa shape index (κ1) is 24.0. The zero-order valence-electron chi connectivity index (χ0n) is 18.0. The summed E-state index contributed by atoms with van der Waals surface area (Å²) in [5.74, 6) is 2.88. The van der Waals surface area contributed by atoms with E-state index in [4.69, 9.17) is 0 Å². The van der Waals surface area contributed by atoms with Crippen LogP contribution in [0.4, 0.5) is 0 Å². The predicted octanol–water partition coefficient (Wildman–Crippen LogP) is 9.18. The molecule has 146 valence electrons. The Labute approximate surface area is 155 Å². The van der Waals surface area contributed by atoms with Crippen LogP contribution in [0.15, 0.2) is 0 Å². The Bertz CT molecular complexity index is 232. The Morgan fingerprint density at radius 3 is 1.54 bits per heavy atom. The van der Waals surface area contributed by atoms with Gasteiger partial charge >= 0.3 is 0 Å². The van der Waals surface area contributed by atoms with E-state index in [1.54, 1.807) is 0 Å². The summed E-state index contributed by atoms with van der Waals surface area (Å²) >= 11 is 0. The van der Waals surface area contributed by atoms with E-state index in [2.05, 4.69) is 34.6 Å². The quantitative estimate of drug-likeness (QED) is 0.218. The summed E-state index contributed by atoms with van der Waals surface area (Å²) in [4.78, 5) is 0. The van der Waals surface area contributed by atoms with Crippen molar-refractivity contribution in [2.75, 3.05) is 0 Å². The number of hydrogen-bond donors (Lipinski definition) is 0. The van der Waals surface area contributed by atoms with Crippen LogP contribution in [0.2, 0.25) is 0 Å². The lowest BCUT2D eigenvalue weighted by Gasteiger charge is -2.23. The predicted molar refractivity (Wildman–Crippen MR) is 113 cm³/mol. The van der Waals surface area contributed by atoms with Crippen molar-refractivity contribution < 1.29 is 0 Å². The van der Waals surface area contributed by atoms with Gasteiger partial charge in [-0.3, -0.25) is 0 Å².